The van der Waals surface area contributed by atoms with Crippen LogP contribution in [0.5, 0.6) is 0 Å². The van der Waals surface area contributed by atoms with Crippen molar-refractivity contribution < 1.29 is 4.79 Å². The van der Waals surface area contributed by atoms with Gasteiger partial charge in [-0.2, -0.15) is 0 Å². The van der Waals surface area contributed by atoms with Crippen molar-refractivity contribution in [2.45, 2.75) is 77.0 Å². The fraction of sp³-hybridized carbons (Fsp3) is 0.459. The fourth-order valence-electron chi connectivity index (χ4n) is 10.2. The van der Waals surface area contributed by atoms with Crippen molar-refractivity contribution in [1.29, 1.82) is 0 Å². The number of carbonyl (C=O) groups is 1. The molecule has 4 aromatic rings. The summed E-state index contributed by atoms with van der Waals surface area (Å²) in [7, 11) is 0. The Morgan fingerprint density at radius 1 is 0.952 bits per heavy atom. The van der Waals surface area contributed by atoms with Gasteiger partial charge in [-0.1, -0.05) is 73.0 Å². The molecule has 4 aliphatic carbocycles. The SMILES string of the molecule is C[C@]12CCCC[C@H]1CC[C@H]1[C@H]2CC[C@]2(C)c3nc4sc(C(=O)c5ccc(Br)cc5)c(N)c4c(-c4ccccc4)c3C[C@@H]12. The lowest BCUT2D eigenvalue weighted by atomic mass is 9.45. The molecule has 8 rings (SSSR count). The normalized spacial score (nSPS) is 31.7. The van der Waals surface area contributed by atoms with Crippen molar-refractivity contribution in [2.24, 2.45) is 29.1 Å². The number of nitrogens with two attached hydrogens (primary N) is 1. The van der Waals surface area contributed by atoms with Gasteiger partial charge in [0.15, 0.2) is 0 Å². The summed E-state index contributed by atoms with van der Waals surface area (Å²) in [5, 5.41) is 0.979. The molecule has 0 unspecified atom stereocenters. The average Bonchev–Trinajstić information content (AvgIpc) is 3.49. The van der Waals surface area contributed by atoms with Crippen molar-refractivity contribution in [3.8, 4) is 11.1 Å². The maximum Gasteiger partial charge on any atom is 0.205 e. The van der Waals surface area contributed by atoms with Gasteiger partial charge in [0.25, 0.3) is 0 Å². The smallest absolute Gasteiger partial charge is 0.205 e. The Hall–Kier alpha value is -2.50. The van der Waals surface area contributed by atoms with Gasteiger partial charge in [-0.25, -0.2) is 4.98 Å². The second-order valence-electron chi connectivity index (χ2n) is 14.1. The fourth-order valence-corrected chi connectivity index (χ4v) is 11.5. The zero-order chi connectivity index (χ0) is 28.8. The first kappa shape index (κ1) is 27.1. The summed E-state index contributed by atoms with van der Waals surface area (Å²) in [5.41, 5.74) is 13.9. The number of fused-ring (bicyclic) bond motifs is 8. The number of nitrogen functional groups attached to an aromatic ring is 1. The molecule has 42 heavy (non-hydrogen) atoms. The number of anilines is 1. The summed E-state index contributed by atoms with van der Waals surface area (Å²) in [5.74, 6) is 3.13. The Kier molecular flexibility index (Phi) is 6.29. The number of thiophene rings is 1. The standard InChI is InChI=1S/C37H39BrN2OS/c1-36-18-7-6-10-23(36)13-16-25-27(36)17-19-37(2)28(25)20-26-29(21-8-4-3-5-9-21)30-31(39)33(42-35(30)40-34(26)37)32(41)22-11-14-24(38)15-12-22/h3-5,8-9,11-12,14-15,23,25,27-28H,6-7,10,13,16-20,39H2,1-2H3/t23-,25-,27+,28-,36-,37-/m0/s1. The molecule has 3 nitrogen and oxygen atoms in total. The number of nitrogens with zero attached hydrogens (tertiary/aromatic N) is 1. The molecule has 2 N–H and O–H groups in total. The third kappa shape index (κ3) is 3.81. The number of pyridine rings is 1. The van der Waals surface area contributed by atoms with Crippen LogP contribution in [0.3, 0.4) is 0 Å². The molecule has 216 valence electrons. The topological polar surface area (TPSA) is 56.0 Å². The lowest BCUT2D eigenvalue weighted by molar-refractivity contribution is -0.0907. The van der Waals surface area contributed by atoms with Gasteiger partial charge in [0.05, 0.1) is 11.4 Å². The average molecular weight is 640 g/mol. The number of benzene rings is 2. The van der Waals surface area contributed by atoms with E-state index in [9.17, 15) is 4.79 Å². The number of hydrogen-bond acceptors (Lipinski definition) is 4. The summed E-state index contributed by atoms with van der Waals surface area (Å²) >= 11 is 4.97. The predicted octanol–water partition coefficient (Wildman–Crippen LogP) is 9.99. The first-order valence-electron chi connectivity index (χ1n) is 15.9. The number of aromatic nitrogens is 1. The van der Waals surface area contributed by atoms with E-state index in [-0.39, 0.29) is 11.2 Å². The lowest BCUT2D eigenvalue weighted by Gasteiger charge is -2.59. The van der Waals surface area contributed by atoms with Gasteiger partial charge in [-0.15, -0.1) is 11.3 Å². The van der Waals surface area contributed by atoms with Crippen LogP contribution in [0.15, 0.2) is 59.1 Å². The summed E-state index contributed by atoms with van der Waals surface area (Å²) < 4.78 is 0.955. The van der Waals surface area contributed by atoms with Crippen LogP contribution in [-0.2, 0) is 11.8 Å². The third-order valence-electron chi connectivity index (χ3n) is 12.3. The maximum absolute atomic E-state index is 13.7. The molecule has 3 fully saturated rings. The number of ketones is 1. The van der Waals surface area contributed by atoms with E-state index in [1.165, 1.54) is 85.1 Å². The van der Waals surface area contributed by atoms with Crippen LogP contribution in [0.25, 0.3) is 21.3 Å². The molecule has 0 aliphatic heterocycles. The quantitative estimate of drug-likeness (QED) is 0.227. The van der Waals surface area contributed by atoms with E-state index >= 15 is 0 Å². The molecule has 4 aliphatic rings. The molecule has 2 aromatic heterocycles. The predicted molar refractivity (Wildman–Crippen MR) is 177 cm³/mol. The first-order valence-corrected chi connectivity index (χ1v) is 17.5. The van der Waals surface area contributed by atoms with Gasteiger partial charge < -0.3 is 5.73 Å². The van der Waals surface area contributed by atoms with Gasteiger partial charge in [0, 0.05) is 20.8 Å². The van der Waals surface area contributed by atoms with Crippen LogP contribution < -0.4 is 5.73 Å². The second-order valence-corrected chi connectivity index (χ2v) is 16.0. The van der Waals surface area contributed by atoms with Crippen molar-refractivity contribution in [3.05, 3.63) is 80.8 Å². The molecular weight excluding hydrogens is 600 g/mol. The lowest BCUT2D eigenvalue weighted by Crippen LogP contribution is -2.53. The largest absolute Gasteiger partial charge is 0.397 e. The summed E-state index contributed by atoms with van der Waals surface area (Å²) in [6, 6.07) is 18.3. The Bertz CT molecular complexity index is 1710. The molecule has 2 heterocycles. The van der Waals surface area contributed by atoms with Gasteiger partial charge in [-0.3, -0.25) is 4.79 Å². The van der Waals surface area contributed by atoms with Gasteiger partial charge in [0.2, 0.25) is 5.78 Å². The van der Waals surface area contributed by atoms with E-state index in [2.05, 4.69) is 60.1 Å². The Morgan fingerprint density at radius 2 is 1.74 bits per heavy atom. The molecule has 0 spiro atoms. The highest BCUT2D eigenvalue weighted by molar-refractivity contribution is 9.10. The molecule has 0 radical (unpaired) electrons. The Morgan fingerprint density at radius 3 is 2.52 bits per heavy atom. The van der Waals surface area contributed by atoms with Crippen LogP contribution in [0.2, 0.25) is 0 Å². The van der Waals surface area contributed by atoms with Crippen LogP contribution in [0.1, 0.15) is 91.7 Å². The molecule has 2 aromatic carbocycles. The van der Waals surface area contributed by atoms with E-state index in [0.29, 0.717) is 27.5 Å². The Balaban J connectivity index is 1.28. The highest BCUT2D eigenvalue weighted by Crippen LogP contribution is 2.66. The molecule has 3 saturated carbocycles. The van der Waals surface area contributed by atoms with Crippen molar-refractivity contribution in [2.75, 3.05) is 5.73 Å². The minimum atomic E-state index is -0.0238. The van der Waals surface area contributed by atoms with E-state index in [0.717, 1.165) is 38.9 Å². The number of carbonyl (C=O) groups excluding carboxylic acids is 1. The first-order chi connectivity index (χ1) is 20.3. The number of hydrogen-bond donors (Lipinski definition) is 1. The Labute approximate surface area is 261 Å². The van der Waals surface area contributed by atoms with Crippen molar-refractivity contribution in [3.63, 3.8) is 0 Å². The number of rotatable bonds is 3. The van der Waals surface area contributed by atoms with E-state index < -0.39 is 0 Å². The monoisotopic (exact) mass is 638 g/mol. The highest BCUT2D eigenvalue weighted by atomic mass is 79.9. The van der Waals surface area contributed by atoms with Crippen LogP contribution in [0, 0.1) is 29.1 Å². The van der Waals surface area contributed by atoms with E-state index in [1.807, 2.05) is 24.3 Å². The third-order valence-corrected chi connectivity index (χ3v) is 13.9. The van der Waals surface area contributed by atoms with Crippen molar-refractivity contribution >= 4 is 49.0 Å². The zero-order valence-electron chi connectivity index (χ0n) is 24.6. The zero-order valence-corrected chi connectivity index (χ0v) is 27.0. The summed E-state index contributed by atoms with van der Waals surface area (Å²) in [6.07, 6.45) is 12.1. The summed E-state index contributed by atoms with van der Waals surface area (Å²) in [4.78, 5) is 20.7. The van der Waals surface area contributed by atoms with E-state index in [1.54, 1.807) is 0 Å². The second kappa shape index (κ2) is 9.75. The number of halogens is 1. The minimum absolute atomic E-state index is 0.0238. The highest BCUT2D eigenvalue weighted by Gasteiger charge is 2.59. The molecule has 0 saturated heterocycles. The molecule has 0 bridgehead atoms. The van der Waals surface area contributed by atoms with Crippen LogP contribution in [-0.4, -0.2) is 10.8 Å². The van der Waals surface area contributed by atoms with Crippen molar-refractivity contribution in [1.82, 2.24) is 4.98 Å². The summed E-state index contributed by atoms with van der Waals surface area (Å²) in [6.45, 7) is 5.18. The van der Waals surface area contributed by atoms with Crippen LogP contribution >= 0.6 is 27.3 Å². The maximum atomic E-state index is 13.7. The van der Waals surface area contributed by atoms with Crippen LogP contribution in [0.4, 0.5) is 5.69 Å². The molecular formula is C37H39BrN2OS. The van der Waals surface area contributed by atoms with E-state index in [4.69, 9.17) is 10.7 Å². The molecule has 6 atom stereocenters. The molecule has 5 heteroatoms. The minimum Gasteiger partial charge on any atom is -0.397 e. The van der Waals surface area contributed by atoms with Gasteiger partial charge in [0.1, 0.15) is 9.71 Å². The van der Waals surface area contributed by atoms with Gasteiger partial charge >= 0.3 is 0 Å². The molecule has 0 amide bonds. The van der Waals surface area contributed by atoms with Gasteiger partial charge in [-0.05, 0) is 115 Å².